The number of pyridine rings is 1. The van der Waals surface area contributed by atoms with Crippen LogP contribution in [0.15, 0.2) is 47.2 Å². The minimum atomic E-state index is -1.34. The van der Waals surface area contributed by atoms with E-state index in [1.54, 1.807) is 19.1 Å². The molecular formula is C21H17FN2O5. The first kappa shape index (κ1) is 18.8. The Morgan fingerprint density at radius 3 is 2.69 bits per heavy atom. The molecule has 2 aromatic heterocycles. The van der Waals surface area contributed by atoms with Gasteiger partial charge in [0.25, 0.3) is 0 Å². The zero-order valence-electron chi connectivity index (χ0n) is 15.5. The molecule has 4 rings (SSSR count). The molecule has 1 aromatic carbocycles. The molecule has 0 spiro atoms. The third-order valence-electron chi connectivity index (χ3n) is 4.63. The number of rotatable bonds is 7. The van der Waals surface area contributed by atoms with Crippen molar-refractivity contribution in [2.75, 3.05) is 0 Å². The molecule has 0 amide bonds. The van der Waals surface area contributed by atoms with E-state index >= 15 is 0 Å². The monoisotopic (exact) mass is 396 g/mol. The number of carboxylic acids is 1. The van der Waals surface area contributed by atoms with Crippen LogP contribution in [-0.2, 0) is 0 Å². The summed E-state index contributed by atoms with van der Waals surface area (Å²) in [5, 5.41) is 8.90. The van der Waals surface area contributed by atoms with Gasteiger partial charge in [-0.25, -0.2) is 19.2 Å². The number of aromatic nitrogens is 2. The van der Waals surface area contributed by atoms with E-state index in [4.69, 9.17) is 14.3 Å². The molecule has 1 N–H and O–H groups in total. The molecule has 7 nitrogen and oxygen atoms in total. The smallest absolute Gasteiger partial charge is 0.338 e. The second-order valence-electron chi connectivity index (χ2n) is 6.86. The van der Waals surface area contributed by atoms with Gasteiger partial charge in [0.1, 0.15) is 35.3 Å². The lowest BCUT2D eigenvalue weighted by molar-refractivity contribution is 0.0691. The largest absolute Gasteiger partial charge is 0.483 e. The average molecular weight is 396 g/mol. The van der Waals surface area contributed by atoms with Crippen LogP contribution < -0.4 is 4.74 Å². The number of nitrogens with zero attached hydrogens (tertiary/aromatic N) is 2. The van der Waals surface area contributed by atoms with Crippen molar-refractivity contribution in [2.24, 2.45) is 5.92 Å². The lowest BCUT2D eigenvalue weighted by Gasteiger charge is -2.11. The molecule has 29 heavy (non-hydrogen) atoms. The Balaban J connectivity index is 1.45. The summed E-state index contributed by atoms with van der Waals surface area (Å²) in [7, 11) is 0. The fourth-order valence-corrected chi connectivity index (χ4v) is 2.84. The Morgan fingerprint density at radius 1 is 1.28 bits per heavy atom. The molecule has 1 fully saturated rings. The molecule has 0 aliphatic heterocycles. The van der Waals surface area contributed by atoms with Crippen LogP contribution in [0.25, 0.3) is 11.5 Å². The zero-order chi connectivity index (χ0) is 20.5. The highest BCUT2D eigenvalue weighted by Crippen LogP contribution is 2.32. The normalized spacial score (nSPS) is 14.4. The third-order valence-corrected chi connectivity index (χ3v) is 4.63. The Labute approximate surface area is 165 Å². The highest BCUT2D eigenvalue weighted by atomic mass is 19.1. The lowest BCUT2D eigenvalue weighted by atomic mass is 10.1. The summed E-state index contributed by atoms with van der Waals surface area (Å²) >= 11 is 0. The lowest BCUT2D eigenvalue weighted by Crippen LogP contribution is -2.06. The summed E-state index contributed by atoms with van der Waals surface area (Å²) < 4.78 is 25.0. The summed E-state index contributed by atoms with van der Waals surface area (Å²) in [6.45, 7) is 1.76. The van der Waals surface area contributed by atoms with Crippen LogP contribution in [0.3, 0.4) is 0 Å². The van der Waals surface area contributed by atoms with E-state index in [1.807, 2.05) is 0 Å². The molecule has 1 atom stereocenters. The third kappa shape index (κ3) is 4.01. The van der Waals surface area contributed by atoms with Crippen molar-refractivity contribution in [1.29, 1.82) is 0 Å². The van der Waals surface area contributed by atoms with Crippen LogP contribution in [0.5, 0.6) is 5.75 Å². The molecule has 0 radical (unpaired) electrons. The highest BCUT2D eigenvalue weighted by molar-refractivity contribution is 5.97. The van der Waals surface area contributed by atoms with E-state index in [0.29, 0.717) is 22.7 Å². The number of oxazole rings is 1. The number of carbonyl (C=O) groups is 2. The first-order chi connectivity index (χ1) is 13.9. The fraction of sp³-hybridized carbons (Fsp3) is 0.238. The van der Waals surface area contributed by atoms with Gasteiger partial charge in [0.05, 0.1) is 11.8 Å². The molecule has 148 valence electrons. The van der Waals surface area contributed by atoms with Crippen LogP contribution >= 0.6 is 0 Å². The van der Waals surface area contributed by atoms with Crippen molar-refractivity contribution >= 4 is 11.8 Å². The Kier molecular flexibility index (Phi) is 4.84. The zero-order valence-corrected chi connectivity index (χ0v) is 15.5. The molecule has 3 aromatic rings. The van der Waals surface area contributed by atoms with Crippen molar-refractivity contribution in [3.05, 3.63) is 65.6 Å². The van der Waals surface area contributed by atoms with E-state index in [1.165, 1.54) is 18.5 Å². The van der Waals surface area contributed by atoms with E-state index < -0.39 is 23.5 Å². The Hall–Kier alpha value is -3.55. The van der Waals surface area contributed by atoms with Crippen molar-refractivity contribution < 1.29 is 28.2 Å². The minimum absolute atomic E-state index is 0.0619. The van der Waals surface area contributed by atoms with Gasteiger partial charge in [0.2, 0.25) is 5.89 Å². The number of benzene rings is 1. The van der Waals surface area contributed by atoms with Gasteiger partial charge in [-0.1, -0.05) is 0 Å². The van der Waals surface area contributed by atoms with Crippen LogP contribution in [0.1, 0.15) is 52.4 Å². The fourth-order valence-electron chi connectivity index (χ4n) is 2.84. The molecule has 1 aliphatic rings. The first-order valence-electron chi connectivity index (χ1n) is 9.08. The standard InChI is InChI=1S/C21H17FN2O5/c1-11(29-14-5-7-17(23-9-14)19(25)12-2-3-12)18-10-28-20(24-18)13-4-6-15(21(26)27)16(22)8-13/h4-12H,2-3H2,1H3,(H,26,27). The van der Waals surface area contributed by atoms with E-state index in [2.05, 4.69) is 9.97 Å². The van der Waals surface area contributed by atoms with Gasteiger partial charge in [-0.3, -0.25) is 4.79 Å². The maximum Gasteiger partial charge on any atom is 0.338 e. The summed E-state index contributed by atoms with van der Waals surface area (Å²) in [5.74, 6) is -1.42. The number of aromatic carboxylic acids is 1. The molecule has 0 saturated heterocycles. The predicted molar refractivity (Wildman–Crippen MR) is 99.2 cm³/mol. The van der Waals surface area contributed by atoms with Crippen molar-refractivity contribution in [1.82, 2.24) is 9.97 Å². The molecule has 1 aliphatic carbocycles. The number of ether oxygens (including phenoxy) is 1. The van der Waals surface area contributed by atoms with E-state index in [0.717, 1.165) is 25.0 Å². The highest BCUT2D eigenvalue weighted by Gasteiger charge is 2.31. The molecule has 1 saturated carbocycles. The molecule has 8 heteroatoms. The van der Waals surface area contributed by atoms with Gasteiger partial charge < -0.3 is 14.3 Å². The first-order valence-corrected chi connectivity index (χ1v) is 9.08. The van der Waals surface area contributed by atoms with Gasteiger partial charge in [-0.15, -0.1) is 0 Å². The predicted octanol–water partition coefficient (Wildman–Crippen LogP) is 4.31. The van der Waals surface area contributed by atoms with Gasteiger partial charge in [0.15, 0.2) is 5.78 Å². The molecule has 1 unspecified atom stereocenters. The maximum absolute atomic E-state index is 13.9. The van der Waals surface area contributed by atoms with Crippen LogP contribution in [0.2, 0.25) is 0 Å². The molecular weight excluding hydrogens is 379 g/mol. The van der Waals surface area contributed by atoms with E-state index in [9.17, 15) is 14.0 Å². The summed E-state index contributed by atoms with van der Waals surface area (Å²) in [4.78, 5) is 31.4. The summed E-state index contributed by atoms with van der Waals surface area (Å²) in [5.41, 5.74) is 0.799. The quantitative estimate of drug-likeness (QED) is 0.594. The number of carboxylic acid groups (broad SMARTS) is 1. The summed E-state index contributed by atoms with van der Waals surface area (Å²) in [6.07, 6.45) is 4.25. The number of hydrogen-bond acceptors (Lipinski definition) is 6. The second kappa shape index (κ2) is 7.46. The van der Waals surface area contributed by atoms with Crippen molar-refractivity contribution in [3.63, 3.8) is 0 Å². The number of halogens is 1. The van der Waals surface area contributed by atoms with E-state index in [-0.39, 0.29) is 17.6 Å². The number of Topliss-reactive ketones (excluding diaryl/α,β-unsaturated/α-hetero) is 1. The topological polar surface area (TPSA) is 103 Å². The van der Waals surface area contributed by atoms with Gasteiger partial charge >= 0.3 is 5.97 Å². The van der Waals surface area contributed by atoms with Crippen LogP contribution in [0, 0.1) is 11.7 Å². The van der Waals surface area contributed by atoms with Crippen LogP contribution in [0.4, 0.5) is 4.39 Å². The van der Waals surface area contributed by atoms with Crippen LogP contribution in [-0.4, -0.2) is 26.8 Å². The second-order valence-corrected chi connectivity index (χ2v) is 6.86. The number of carbonyl (C=O) groups excluding carboxylic acids is 1. The molecule has 2 heterocycles. The molecule has 0 bridgehead atoms. The Bertz CT molecular complexity index is 1070. The number of hydrogen-bond donors (Lipinski definition) is 1. The average Bonchev–Trinajstić information content (AvgIpc) is 3.43. The van der Waals surface area contributed by atoms with Gasteiger partial charge in [-0.05, 0) is 50.1 Å². The van der Waals surface area contributed by atoms with Crippen molar-refractivity contribution in [2.45, 2.75) is 25.9 Å². The van der Waals surface area contributed by atoms with Crippen molar-refractivity contribution in [3.8, 4) is 17.2 Å². The van der Waals surface area contributed by atoms with Gasteiger partial charge in [0, 0.05) is 11.5 Å². The Morgan fingerprint density at radius 2 is 2.07 bits per heavy atom. The SMILES string of the molecule is CC(Oc1ccc(C(=O)C2CC2)nc1)c1coc(-c2ccc(C(=O)O)c(F)c2)n1. The maximum atomic E-state index is 13.9. The van der Waals surface area contributed by atoms with Gasteiger partial charge in [-0.2, -0.15) is 0 Å². The minimum Gasteiger partial charge on any atom is -0.483 e. The number of ketones is 1. The summed E-state index contributed by atoms with van der Waals surface area (Å²) in [6, 6.07) is 6.97.